The summed E-state index contributed by atoms with van der Waals surface area (Å²) < 4.78 is 5.54. The van der Waals surface area contributed by atoms with E-state index in [0.29, 0.717) is 5.92 Å². The van der Waals surface area contributed by atoms with E-state index in [-0.39, 0.29) is 6.04 Å². The Hall–Kier alpha value is -0.870. The minimum absolute atomic E-state index is 0.263. The van der Waals surface area contributed by atoms with E-state index >= 15 is 0 Å². The fourth-order valence-corrected chi connectivity index (χ4v) is 1.90. The molecular formula is C11H19N3O. The van der Waals surface area contributed by atoms with Gasteiger partial charge in [0, 0.05) is 18.5 Å². The summed E-state index contributed by atoms with van der Waals surface area (Å²) >= 11 is 0. The van der Waals surface area contributed by atoms with Gasteiger partial charge < -0.3 is 15.1 Å². The van der Waals surface area contributed by atoms with E-state index < -0.39 is 0 Å². The molecule has 2 heterocycles. The summed E-state index contributed by atoms with van der Waals surface area (Å²) in [5, 5.41) is 6.53. The Bertz CT molecular complexity index is 305. The molecule has 2 unspecified atom stereocenters. The van der Waals surface area contributed by atoms with Crippen LogP contribution in [0.5, 0.6) is 0 Å². The molecule has 0 bridgehead atoms. The highest BCUT2D eigenvalue weighted by Gasteiger charge is 2.20. The van der Waals surface area contributed by atoms with E-state index in [2.05, 4.69) is 22.5 Å². The molecule has 0 amide bonds. The highest BCUT2D eigenvalue weighted by Crippen LogP contribution is 2.23. The van der Waals surface area contributed by atoms with Crippen molar-refractivity contribution < 1.29 is 4.42 Å². The van der Waals surface area contributed by atoms with Gasteiger partial charge in [-0.05, 0) is 33.4 Å². The Labute approximate surface area is 90.5 Å². The van der Waals surface area contributed by atoms with Crippen LogP contribution in [0.1, 0.15) is 43.3 Å². The quantitative estimate of drug-likeness (QED) is 0.790. The molecule has 1 aliphatic rings. The molecule has 2 N–H and O–H groups in total. The SMILES string of the molecule is CNC(C)c1coc(C2CCCNC2)n1. The van der Waals surface area contributed by atoms with Gasteiger partial charge in [-0.25, -0.2) is 4.98 Å². The van der Waals surface area contributed by atoms with Crippen molar-refractivity contribution in [2.75, 3.05) is 20.1 Å². The summed E-state index contributed by atoms with van der Waals surface area (Å²) in [6.45, 7) is 4.20. The van der Waals surface area contributed by atoms with Crippen molar-refractivity contribution in [2.45, 2.75) is 31.7 Å². The van der Waals surface area contributed by atoms with E-state index in [0.717, 1.165) is 24.7 Å². The first-order valence-electron chi connectivity index (χ1n) is 5.64. The van der Waals surface area contributed by atoms with Gasteiger partial charge >= 0.3 is 0 Å². The Morgan fingerprint density at radius 1 is 1.67 bits per heavy atom. The smallest absolute Gasteiger partial charge is 0.198 e. The molecule has 0 saturated carbocycles. The predicted octanol–water partition coefficient (Wildman–Crippen LogP) is 1.42. The third-order valence-corrected chi connectivity index (χ3v) is 3.06. The maximum atomic E-state index is 5.54. The highest BCUT2D eigenvalue weighted by atomic mass is 16.3. The summed E-state index contributed by atoms with van der Waals surface area (Å²) in [7, 11) is 1.93. The Morgan fingerprint density at radius 2 is 2.53 bits per heavy atom. The van der Waals surface area contributed by atoms with E-state index in [1.807, 2.05) is 7.05 Å². The molecule has 1 saturated heterocycles. The third kappa shape index (κ3) is 2.38. The minimum atomic E-state index is 0.263. The van der Waals surface area contributed by atoms with Crippen molar-refractivity contribution in [1.82, 2.24) is 15.6 Å². The van der Waals surface area contributed by atoms with Crippen LogP contribution >= 0.6 is 0 Å². The first kappa shape index (κ1) is 10.6. The molecule has 1 aliphatic heterocycles. The zero-order chi connectivity index (χ0) is 10.7. The lowest BCUT2D eigenvalue weighted by molar-refractivity contribution is 0.376. The van der Waals surface area contributed by atoms with E-state index in [9.17, 15) is 0 Å². The van der Waals surface area contributed by atoms with Crippen molar-refractivity contribution in [2.24, 2.45) is 0 Å². The summed E-state index contributed by atoms with van der Waals surface area (Å²) in [6, 6.07) is 0.263. The molecule has 0 aromatic carbocycles. The van der Waals surface area contributed by atoms with Crippen molar-refractivity contribution in [3.63, 3.8) is 0 Å². The molecule has 15 heavy (non-hydrogen) atoms. The van der Waals surface area contributed by atoms with Gasteiger partial charge in [-0.1, -0.05) is 0 Å². The number of nitrogens with one attached hydrogen (secondary N) is 2. The van der Waals surface area contributed by atoms with Gasteiger partial charge in [-0.2, -0.15) is 0 Å². The Morgan fingerprint density at radius 3 is 3.20 bits per heavy atom. The second kappa shape index (κ2) is 4.77. The number of piperidine rings is 1. The van der Waals surface area contributed by atoms with Gasteiger partial charge in [0.2, 0.25) is 0 Å². The largest absolute Gasteiger partial charge is 0.448 e. The van der Waals surface area contributed by atoms with Crippen LogP contribution in [0.15, 0.2) is 10.7 Å². The van der Waals surface area contributed by atoms with Crippen LogP contribution in [0, 0.1) is 0 Å². The maximum Gasteiger partial charge on any atom is 0.198 e. The van der Waals surface area contributed by atoms with Gasteiger partial charge in [-0.15, -0.1) is 0 Å². The molecule has 84 valence electrons. The lowest BCUT2D eigenvalue weighted by atomic mass is 10.00. The van der Waals surface area contributed by atoms with Crippen LogP contribution in [0.2, 0.25) is 0 Å². The molecule has 2 rings (SSSR count). The van der Waals surface area contributed by atoms with Crippen LogP contribution in [0.25, 0.3) is 0 Å². The monoisotopic (exact) mass is 209 g/mol. The molecular weight excluding hydrogens is 190 g/mol. The molecule has 1 fully saturated rings. The summed E-state index contributed by atoms with van der Waals surface area (Å²) in [5.74, 6) is 1.34. The highest BCUT2D eigenvalue weighted by molar-refractivity contribution is 5.05. The van der Waals surface area contributed by atoms with Gasteiger partial charge in [0.25, 0.3) is 0 Å². The number of hydrogen-bond acceptors (Lipinski definition) is 4. The first-order valence-corrected chi connectivity index (χ1v) is 5.64. The van der Waals surface area contributed by atoms with Crippen LogP contribution in [-0.4, -0.2) is 25.1 Å². The van der Waals surface area contributed by atoms with E-state index in [1.165, 1.54) is 12.8 Å². The lowest BCUT2D eigenvalue weighted by Gasteiger charge is -2.19. The normalized spacial score (nSPS) is 24.0. The average Bonchev–Trinajstić information content (AvgIpc) is 2.78. The Kier molecular flexibility index (Phi) is 3.38. The molecule has 0 spiro atoms. The molecule has 0 radical (unpaired) electrons. The van der Waals surface area contributed by atoms with Crippen LogP contribution in [-0.2, 0) is 0 Å². The van der Waals surface area contributed by atoms with Crippen molar-refractivity contribution in [3.8, 4) is 0 Å². The summed E-state index contributed by atoms with van der Waals surface area (Å²) in [6.07, 6.45) is 4.16. The van der Waals surface area contributed by atoms with Gasteiger partial charge in [0.05, 0.1) is 5.69 Å². The molecule has 1 aromatic rings. The number of nitrogens with zero attached hydrogens (tertiary/aromatic N) is 1. The maximum absolute atomic E-state index is 5.54. The van der Waals surface area contributed by atoms with Gasteiger partial charge in [-0.3, -0.25) is 0 Å². The topological polar surface area (TPSA) is 50.1 Å². The molecule has 4 nitrogen and oxygen atoms in total. The fourth-order valence-electron chi connectivity index (χ4n) is 1.90. The standard InChI is InChI=1S/C11H19N3O/c1-8(12-2)10-7-15-11(14-10)9-4-3-5-13-6-9/h7-9,12-13H,3-6H2,1-2H3. The molecule has 2 atom stereocenters. The third-order valence-electron chi connectivity index (χ3n) is 3.06. The van der Waals surface area contributed by atoms with Crippen LogP contribution in [0.3, 0.4) is 0 Å². The van der Waals surface area contributed by atoms with Crippen molar-refractivity contribution >= 4 is 0 Å². The van der Waals surface area contributed by atoms with Crippen LogP contribution in [0.4, 0.5) is 0 Å². The second-order valence-corrected chi connectivity index (χ2v) is 4.16. The summed E-state index contributed by atoms with van der Waals surface area (Å²) in [5.41, 5.74) is 0.998. The van der Waals surface area contributed by atoms with Crippen molar-refractivity contribution in [3.05, 3.63) is 17.8 Å². The lowest BCUT2D eigenvalue weighted by Crippen LogP contribution is -2.28. The zero-order valence-electron chi connectivity index (χ0n) is 9.42. The second-order valence-electron chi connectivity index (χ2n) is 4.16. The minimum Gasteiger partial charge on any atom is -0.448 e. The van der Waals surface area contributed by atoms with E-state index in [1.54, 1.807) is 6.26 Å². The zero-order valence-corrected chi connectivity index (χ0v) is 9.42. The Balaban J connectivity index is 2.05. The first-order chi connectivity index (χ1) is 7.31. The molecule has 1 aromatic heterocycles. The fraction of sp³-hybridized carbons (Fsp3) is 0.727. The van der Waals surface area contributed by atoms with E-state index in [4.69, 9.17) is 4.42 Å². The molecule has 4 heteroatoms. The number of oxazole rings is 1. The average molecular weight is 209 g/mol. The number of hydrogen-bond donors (Lipinski definition) is 2. The number of aromatic nitrogens is 1. The molecule has 0 aliphatic carbocycles. The van der Waals surface area contributed by atoms with Gasteiger partial charge in [0.1, 0.15) is 6.26 Å². The van der Waals surface area contributed by atoms with Crippen LogP contribution < -0.4 is 10.6 Å². The number of rotatable bonds is 3. The van der Waals surface area contributed by atoms with Crippen molar-refractivity contribution in [1.29, 1.82) is 0 Å². The van der Waals surface area contributed by atoms with Gasteiger partial charge in [0.15, 0.2) is 5.89 Å². The predicted molar refractivity (Wildman–Crippen MR) is 58.8 cm³/mol. The summed E-state index contributed by atoms with van der Waals surface area (Å²) in [4.78, 5) is 4.54.